The van der Waals surface area contributed by atoms with Crippen LogP contribution in [0.15, 0.2) is 30.3 Å². The van der Waals surface area contributed by atoms with Crippen molar-refractivity contribution in [3.05, 3.63) is 35.9 Å². The zero-order chi connectivity index (χ0) is 11.8. The molecule has 1 aromatic carbocycles. The van der Waals surface area contributed by atoms with Gasteiger partial charge >= 0.3 is 0 Å². The monoisotopic (exact) mass is 234 g/mol. The largest absolute Gasteiger partial charge is 0.390 e. The van der Waals surface area contributed by atoms with Crippen LogP contribution in [0.2, 0.25) is 0 Å². The minimum absolute atomic E-state index is 0.447. The molecular formula is C14H18O3. The first kappa shape index (κ1) is 11.2. The van der Waals surface area contributed by atoms with E-state index >= 15 is 0 Å². The van der Waals surface area contributed by atoms with Crippen LogP contribution >= 0.6 is 0 Å². The summed E-state index contributed by atoms with van der Waals surface area (Å²) in [5, 5.41) is 9.94. The third-order valence-corrected chi connectivity index (χ3v) is 3.71. The number of aliphatic hydroxyl groups is 1. The van der Waals surface area contributed by atoms with Gasteiger partial charge in [0.25, 0.3) is 0 Å². The Balaban J connectivity index is 1.78. The first-order valence-corrected chi connectivity index (χ1v) is 6.28. The lowest BCUT2D eigenvalue weighted by Gasteiger charge is -2.28. The van der Waals surface area contributed by atoms with E-state index in [-0.39, 0.29) is 0 Å². The first-order chi connectivity index (χ1) is 8.23. The van der Waals surface area contributed by atoms with Crippen molar-refractivity contribution in [1.82, 2.24) is 0 Å². The summed E-state index contributed by atoms with van der Waals surface area (Å²) in [4.78, 5) is 0. The van der Waals surface area contributed by atoms with Crippen LogP contribution in [-0.4, -0.2) is 23.9 Å². The summed E-state index contributed by atoms with van der Waals surface area (Å²) in [5.74, 6) is -0.625. The first-order valence-electron chi connectivity index (χ1n) is 6.28. The molecule has 0 bridgehead atoms. The van der Waals surface area contributed by atoms with Gasteiger partial charge in [0.1, 0.15) is 0 Å². The van der Waals surface area contributed by atoms with Crippen molar-refractivity contribution in [1.29, 1.82) is 0 Å². The highest BCUT2D eigenvalue weighted by molar-refractivity contribution is 5.21. The van der Waals surface area contributed by atoms with Crippen molar-refractivity contribution < 1.29 is 14.6 Å². The fraction of sp³-hybridized carbons (Fsp3) is 0.571. The molecule has 0 atom stereocenters. The fourth-order valence-electron chi connectivity index (χ4n) is 2.39. The third-order valence-electron chi connectivity index (χ3n) is 3.71. The molecule has 1 heterocycles. The molecule has 2 fully saturated rings. The Kier molecular flexibility index (Phi) is 2.69. The molecule has 3 rings (SSSR count). The maximum Gasteiger partial charge on any atom is 0.195 e. The Morgan fingerprint density at radius 3 is 2.24 bits per heavy atom. The van der Waals surface area contributed by atoms with Crippen molar-refractivity contribution in [2.75, 3.05) is 13.2 Å². The van der Waals surface area contributed by atoms with E-state index in [1.165, 1.54) is 0 Å². The number of hydrogen-bond acceptors (Lipinski definition) is 3. The highest BCUT2D eigenvalue weighted by Crippen LogP contribution is 2.44. The van der Waals surface area contributed by atoms with Gasteiger partial charge in [-0.3, -0.25) is 0 Å². The zero-order valence-corrected chi connectivity index (χ0v) is 9.89. The van der Waals surface area contributed by atoms with Crippen molar-refractivity contribution in [3.8, 4) is 0 Å². The lowest BCUT2D eigenvalue weighted by Crippen LogP contribution is -2.29. The van der Waals surface area contributed by atoms with E-state index < -0.39 is 11.4 Å². The summed E-state index contributed by atoms with van der Waals surface area (Å²) in [6.07, 6.45) is 3.31. The predicted octanol–water partition coefficient (Wildman–Crippen LogP) is 2.19. The van der Waals surface area contributed by atoms with E-state index in [1.807, 2.05) is 30.3 Å². The van der Waals surface area contributed by atoms with Gasteiger partial charge in [0.15, 0.2) is 5.79 Å². The fourth-order valence-corrected chi connectivity index (χ4v) is 2.39. The molecule has 0 aromatic heterocycles. The minimum Gasteiger partial charge on any atom is -0.390 e. The third kappa shape index (κ3) is 2.23. The van der Waals surface area contributed by atoms with Crippen LogP contribution in [0.3, 0.4) is 0 Å². The van der Waals surface area contributed by atoms with E-state index in [1.54, 1.807) is 0 Å². The molecule has 2 aliphatic rings. The van der Waals surface area contributed by atoms with Gasteiger partial charge in [0, 0.05) is 12.0 Å². The molecule has 92 valence electrons. The van der Waals surface area contributed by atoms with Crippen LogP contribution in [0.5, 0.6) is 0 Å². The van der Waals surface area contributed by atoms with E-state index in [0.29, 0.717) is 13.2 Å². The second-order valence-electron chi connectivity index (χ2n) is 5.04. The number of rotatable bonds is 4. The van der Waals surface area contributed by atoms with Crippen LogP contribution in [0.25, 0.3) is 0 Å². The Bertz CT molecular complexity index is 378. The molecule has 0 amide bonds. The Hall–Kier alpha value is -0.900. The molecule has 1 aromatic rings. The topological polar surface area (TPSA) is 38.7 Å². The zero-order valence-electron chi connectivity index (χ0n) is 9.89. The number of benzene rings is 1. The molecule has 1 aliphatic heterocycles. The highest BCUT2D eigenvalue weighted by atomic mass is 16.7. The average molecular weight is 234 g/mol. The lowest BCUT2D eigenvalue weighted by atomic mass is 9.98. The van der Waals surface area contributed by atoms with Crippen LogP contribution in [0.1, 0.15) is 31.2 Å². The highest BCUT2D eigenvalue weighted by Gasteiger charge is 2.45. The quantitative estimate of drug-likeness (QED) is 0.868. The van der Waals surface area contributed by atoms with Crippen LogP contribution < -0.4 is 0 Å². The van der Waals surface area contributed by atoms with Crippen molar-refractivity contribution in [2.45, 2.75) is 37.1 Å². The molecule has 0 spiro atoms. The standard InChI is InChI=1S/C14H18O3/c15-13(6-7-13)8-9-14(16-10-11-17-14)12-4-2-1-3-5-12/h1-5,15H,6-11H2. The van der Waals surface area contributed by atoms with Gasteiger partial charge < -0.3 is 14.6 Å². The molecule has 0 radical (unpaired) electrons. The molecule has 0 unspecified atom stereocenters. The van der Waals surface area contributed by atoms with Gasteiger partial charge in [0.2, 0.25) is 0 Å². The Morgan fingerprint density at radius 2 is 1.65 bits per heavy atom. The molecule has 17 heavy (non-hydrogen) atoms. The summed E-state index contributed by atoms with van der Waals surface area (Å²) < 4.78 is 11.6. The van der Waals surface area contributed by atoms with Gasteiger partial charge in [-0.25, -0.2) is 0 Å². The molecule has 3 nitrogen and oxygen atoms in total. The smallest absolute Gasteiger partial charge is 0.195 e. The molecule has 1 aliphatic carbocycles. The SMILES string of the molecule is OC1(CCC2(c3ccccc3)OCCO2)CC1. The van der Waals surface area contributed by atoms with Crippen molar-refractivity contribution >= 4 is 0 Å². The molecular weight excluding hydrogens is 216 g/mol. The second kappa shape index (κ2) is 4.09. The van der Waals surface area contributed by atoms with E-state index in [9.17, 15) is 5.11 Å². The van der Waals surface area contributed by atoms with E-state index in [0.717, 1.165) is 31.2 Å². The van der Waals surface area contributed by atoms with Gasteiger partial charge in [0.05, 0.1) is 18.8 Å². The summed E-state index contributed by atoms with van der Waals surface area (Å²) in [7, 11) is 0. The van der Waals surface area contributed by atoms with Crippen LogP contribution in [0.4, 0.5) is 0 Å². The summed E-state index contributed by atoms with van der Waals surface area (Å²) in [5.41, 5.74) is 0.610. The average Bonchev–Trinajstić information content (AvgIpc) is 2.94. The van der Waals surface area contributed by atoms with Gasteiger partial charge in [-0.05, 0) is 19.3 Å². The van der Waals surface area contributed by atoms with Gasteiger partial charge in [-0.15, -0.1) is 0 Å². The molecule has 1 N–H and O–H groups in total. The summed E-state index contributed by atoms with van der Waals surface area (Å²) >= 11 is 0. The molecule has 1 saturated carbocycles. The number of ether oxygens (including phenoxy) is 2. The Labute approximate surface area is 101 Å². The van der Waals surface area contributed by atoms with Gasteiger partial charge in [-0.1, -0.05) is 30.3 Å². The predicted molar refractivity (Wildman–Crippen MR) is 63.4 cm³/mol. The second-order valence-corrected chi connectivity index (χ2v) is 5.04. The van der Waals surface area contributed by atoms with Crippen molar-refractivity contribution in [3.63, 3.8) is 0 Å². The minimum atomic E-state index is -0.625. The maximum atomic E-state index is 9.94. The van der Waals surface area contributed by atoms with Crippen molar-refractivity contribution in [2.24, 2.45) is 0 Å². The van der Waals surface area contributed by atoms with Crippen LogP contribution in [0, 0.1) is 0 Å². The summed E-state index contributed by atoms with van der Waals surface area (Å²) in [6, 6.07) is 10.0. The van der Waals surface area contributed by atoms with Crippen LogP contribution in [-0.2, 0) is 15.3 Å². The maximum absolute atomic E-state index is 9.94. The molecule has 1 saturated heterocycles. The van der Waals surface area contributed by atoms with E-state index in [2.05, 4.69) is 0 Å². The van der Waals surface area contributed by atoms with E-state index in [4.69, 9.17) is 9.47 Å². The lowest BCUT2D eigenvalue weighted by molar-refractivity contribution is -0.175. The van der Waals surface area contributed by atoms with Gasteiger partial charge in [-0.2, -0.15) is 0 Å². The Morgan fingerprint density at radius 1 is 1.00 bits per heavy atom. The summed E-state index contributed by atoms with van der Waals surface area (Å²) in [6.45, 7) is 1.26. The number of hydrogen-bond donors (Lipinski definition) is 1. The normalized spacial score (nSPS) is 24.8. The molecule has 3 heteroatoms.